The van der Waals surface area contributed by atoms with Crippen molar-refractivity contribution in [1.82, 2.24) is 29.4 Å². The molecule has 9 heteroatoms. The zero-order valence-corrected chi connectivity index (χ0v) is 15.9. The van der Waals surface area contributed by atoms with Crippen LogP contribution in [0.25, 0.3) is 5.78 Å². The molecule has 2 aromatic heterocycles. The van der Waals surface area contributed by atoms with Gasteiger partial charge in [0.15, 0.2) is 0 Å². The van der Waals surface area contributed by atoms with Crippen LogP contribution < -0.4 is 0 Å². The highest BCUT2D eigenvalue weighted by atomic mass is 16.6. The second-order valence-corrected chi connectivity index (χ2v) is 7.56. The average Bonchev–Trinajstić information content (AvgIpc) is 3.19. The number of aryl methyl sites for hydroxylation is 2. The van der Waals surface area contributed by atoms with E-state index in [0.717, 1.165) is 29.8 Å². The predicted octanol–water partition coefficient (Wildman–Crippen LogP) is 1.12. The van der Waals surface area contributed by atoms with Gasteiger partial charge in [-0.3, -0.25) is 4.79 Å². The third kappa shape index (κ3) is 3.11. The fraction of sp³-hybridized carbons (Fsp3) is 0.611. The molecular weight excluding hydrogens is 348 g/mol. The van der Waals surface area contributed by atoms with Crippen molar-refractivity contribution in [2.24, 2.45) is 0 Å². The number of hydrogen-bond acceptors (Lipinski definition) is 6. The van der Waals surface area contributed by atoms with Crippen molar-refractivity contribution >= 4 is 17.8 Å². The lowest BCUT2D eigenvalue weighted by Gasteiger charge is -2.38. The maximum atomic E-state index is 12.8. The quantitative estimate of drug-likeness (QED) is 0.801. The Bertz CT molecular complexity index is 910. The molecule has 0 aromatic carbocycles. The molecule has 2 aromatic rings. The number of hydrogen-bond donors (Lipinski definition) is 0. The van der Waals surface area contributed by atoms with Crippen molar-refractivity contribution in [3.05, 3.63) is 23.3 Å². The van der Waals surface area contributed by atoms with Crippen molar-refractivity contribution in [3.8, 4) is 0 Å². The van der Waals surface area contributed by atoms with Crippen LogP contribution in [0.15, 0.2) is 6.33 Å². The van der Waals surface area contributed by atoms with Crippen LogP contribution in [0.2, 0.25) is 0 Å². The van der Waals surface area contributed by atoms with E-state index < -0.39 is 5.60 Å². The Morgan fingerprint density at radius 2 is 2.15 bits per heavy atom. The van der Waals surface area contributed by atoms with E-state index in [0.29, 0.717) is 38.3 Å². The van der Waals surface area contributed by atoms with E-state index in [1.165, 1.54) is 6.33 Å². The molecule has 0 aliphatic carbocycles. The van der Waals surface area contributed by atoms with Gasteiger partial charge >= 0.3 is 6.09 Å². The molecule has 144 valence electrons. The number of nitrogens with zero attached hydrogens (tertiary/aromatic N) is 6. The molecule has 0 radical (unpaired) electrons. The number of piperidine rings is 1. The van der Waals surface area contributed by atoms with Gasteiger partial charge in [-0.1, -0.05) is 0 Å². The average molecular weight is 372 g/mol. The Labute approximate surface area is 157 Å². The first-order valence-electron chi connectivity index (χ1n) is 9.26. The first kappa shape index (κ1) is 17.7. The molecule has 0 bridgehead atoms. The summed E-state index contributed by atoms with van der Waals surface area (Å²) >= 11 is 0. The van der Waals surface area contributed by atoms with Crippen LogP contribution in [0, 0.1) is 13.8 Å². The number of carbonyl (C=O) groups excluding carboxylic acids is 2. The monoisotopic (exact) mass is 372 g/mol. The molecule has 2 saturated heterocycles. The fourth-order valence-corrected chi connectivity index (χ4v) is 4.22. The number of likely N-dealkylation sites (tertiary alicyclic amines) is 1. The van der Waals surface area contributed by atoms with Crippen molar-refractivity contribution in [2.45, 2.75) is 45.1 Å². The Hall–Kier alpha value is -2.71. The third-order valence-electron chi connectivity index (χ3n) is 5.61. The summed E-state index contributed by atoms with van der Waals surface area (Å²) in [7, 11) is 1.73. The highest BCUT2D eigenvalue weighted by molar-refractivity contribution is 5.77. The number of aromatic nitrogens is 4. The predicted molar refractivity (Wildman–Crippen MR) is 96.2 cm³/mol. The van der Waals surface area contributed by atoms with Crippen LogP contribution in [0.5, 0.6) is 0 Å². The number of carbonyl (C=O) groups is 2. The molecule has 0 N–H and O–H groups in total. The van der Waals surface area contributed by atoms with E-state index in [9.17, 15) is 9.59 Å². The summed E-state index contributed by atoms with van der Waals surface area (Å²) in [5.41, 5.74) is 2.32. The lowest BCUT2D eigenvalue weighted by Crippen LogP contribution is -2.52. The molecule has 1 spiro atoms. The smallest absolute Gasteiger partial charge is 0.410 e. The third-order valence-corrected chi connectivity index (χ3v) is 5.61. The molecule has 27 heavy (non-hydrogen) atoms. The number of likely N-dealkylation sites (N-methyl/N-ethyl adjacent to an activating group) is 1. The Balaban J connectivity index is 1.45. The van der Waals surface area contributed by atoms with Crippen molar-refractivity contribution < 1.29 is 14.3 Å². The number of amides is 2. The number of rotatable bonds is 3. The van der Waals surface area contributed by atoms with Gasteiger partial charge in [-0.25, -0.2) is 14.3 Å². The zero-order valence-electron chi connectivity index (χ0n) is 15.9. The molecule has 2 amide bonds. The van der Waals surface area contributed by atoms with Gasteiger partial charge in [0, 0.05) is 31.4 Å². The Morgan fingerprint density at radius 3 is 2.89 bits per heavy atom. The number of fused-ring (bicyclic) bond motifs is 1. The maximum absolute atomic E-state index is 12.8. The van der Waals surface area contributed by atoms with E-state index in [-0.39, 0.29) is 12.0 Å². The molecular formula is C18H24N6O3. The van der Waals surface area contributed by atoms with Crippen LogP contribution in [-0.4, -0.2) is 73.7 Å². The van der Waals surface area contributed by atoms with Gasteiger partial charge in [0.05, 0.1) is 13.1 Å². The van der Waals surface area contributed by atoms with Crippen LogP contribution in [0.1, 0.15) is 36.2 Å². The lowest BCUT2D eigenvalue weighted by atomic mass is 9.92. The zero-order chi connectivity index (χ0) is 19.2. The molecule has 1 atom stereocenters. The topological polar surface area (TPSA) is 92.9 Å². The minimum absolute atomic E-state index is 0.0807. The second-order valence-electron chi connectivity index (χ2n) is 7.56. The summed E-state index contributed by atoms with van der Waals surface area (Å²) in [6.07, 6.45) is 3.82. The minimum Gasteiger partial charge on any atom is -0.439 e. The summed E-state index contributed by atoms with van der Waals surface area (Å²) in [5.74, 6) is 0.655. The van der Waals surface area contributed by atoms with Crippen molar-refractivity contribution in [1.29, 1.82) is 0 Å². The maximum Gasteiger partial charge on any atom is 0.410 e. The van der Waals surface area contributed by atoms with E-state index in [2.05, 4.69) is 15.1 Å². The normalized spacial score (nSPS) is 22.7. The van der Waals surface area contributed by atoms with Crippen LogP contribution in [0.3, 0.4) is 0 Å². The highest BCUT2D eigenvalue weighted by Gasteiger charge is 2.47. The molecule has 2 aliphatic rings. The van der Waals surface area contributed by atoms with E-state index >= 15 is 0 Å². The van der Waals surface area contributed by atoms with Gasteiger partial charge in [-0.05, 0) is 38.7 Å². The van der Waals surface area contributed by atoms with Gasteiger partial charge in [0.25, 0.3) is 5.78 Å². The summed E-state index contributed by atoms with van der Waals surface area (Å²) in [6.45, 7) is 5.63. The van der Waals surface area contributed by atoms with Crippen LogP contribution in [-0.2, 0) is 16.0 Å². The standard InChI is InChI=1S/C18H24N6O3/c1-12-14(13(2)24-16(21-12)19-11-20-24)5-6-15(25)23-8-4-7-18(10-23)9-22(3)17(26)27-18/h11H,4-10H2,1-3H3/t18-/m1/s1. The summed E-state index contributed by atoms with van der Waals surface area (Å²) < 4.78 is 7.29. The fourth-order valence-electron chi connectivity index (χ4n) is 4.22. The van der Waals surface area contributed by atoms with E-state index in [4.69, 9.17) is 4.74 Å². The minimum atomic E-state index is -0.549. The van der Waals surface area contributed by atoms with Crippen LogP contribution >= 0.6 is 0 Å². The molecule has 0 saturated carbocycles. The Morgan fingerprint density at radius 1 is 1.33 bits per heavy atom. The first-order valence-corrected chi connectivity index (χ1v) is 9.26. The van der Waals surface area contributed by atoms with Crippen molar-refractivity contribution in [2.75, 3.05) is 26.7 Å². The lowest BCUT2D eigenvalue weighted by molar-refractivity contribution is -0.136. The largest absolute Gasteiger partial charge is 0.439 e. The molecule has 9 nitrogen and oxygen atoms in total. The van der Waals surface area contributed by atoms with Gasteiger partial charge in [-0.2, -0.15) is 10.1 Å². The van der Waals surface area contributed by atoms with Crippen molar-refractivity contribution in [3.63, 3.8) is 0 Å². The van der Waals surface area contributed by atoms with Gasteiger partial charge in [-0.15, -0.1) is 0 Å². The van der Waals surface area contributed by atoms with Gasteiger partial charge in [0.2, 0.25) is 5.91 Å². The molecule has 4 rings (SSSR count). The molecule has 0 unspecified atom stereocenters. The molecule has 2 fully saturated rings. The summed E-state index contributed by atoms with van der Waals surface area (Å²) in [6, 6.07) is 0. The molecule has 4 heterocycles. The second kappa shape index (κ2) is 6.47. The van der Waals surface area contributed by atoms with E-state index in [1.807, 2.05) is 18.7 Å². The first-order chi connectivity index (χ1) is 12.9. The SMILES string of the molecule is Cc1nc2ncnn2c(C)c1CCC(=O)N1CCC[C@@]2(CN(C)C(=O)O2)C1. The summed E-state index contributed by atoms with van der Waals surface area (Å²) in [4.78, 5) is 36.6. The Kier molecular flexibility index (Phi) is 4.24. The highest BCUT2D eigenvalue weighted by Crippen LogP contribution is 2.31. The number of ether oxygens (including phenoxy) is 1. The van der Waals surface area contributed by atoms with Crippen LogP contribution in [0.4, 0.5) is 4.79 Å². The van der Waals surface area contributed by atoms with Gasteiger partial charge < -0.3 is 14.5 Å². The van der Waals surface area contributed by atoms with Gasteiger partial charge in [0.1, 0.15) is 11.9 Å². The van der Waals surface area contributed by atoms with E-state index in [1.54, 1.807) is 16.5 Å². The summed E-state index contributed by atoms with van der Waals surface area (Å²) in [5, 5.41) is 4.19. The molecule has 2 aliphatic heterocycles.